The monoisotopic (exact) mass is 850 g/mol. The summed E-state index contributed by atoms with van der Waals surface area (Å²) in [6.07, 6.45) is 0. The molecule has 0 saturated heterocycles. The molecular formula is C65H42N2. The van der Waals surface area contributed by atoms with E-state index in [2.05, 4.69) is 264 Å². The van der Waals surface area contributed by atoms with E-state index < -0.39 is 5.41 Å². The molecule has 0 fully saturated rings. The van der Waals surface area contributed by atoms with E-state index in [0.717, 1.165) is 5.69 Å². The van der Waals surface area contributed by atoms with Gasteiger partial charge in [-0.2, -0.15) is 0 Å². The van der Waals surface area contributed by atoms with Crippen molar-refractivity contribution in [1.82, 2.24) is 9.13 Å². The zero-order valence-corrected chi connectivity index (χ0v) is 36.6. The first kappa shape index (κ1) is 37.6. The predicted molar refractivity (Wildman–Crippen MR) is 281 cm³/mol. The molecule has 11 aromatic carbocycles. The normalized spacial score (nSPS) is 12.9. The summed E-state index contributed by atoms with van der Waals surface area (Å²) in [6, 6.07) is 94.5. The Morgan fingerprint density at radius 1 is 0.284 bits per heavy atom. The van der Waals surface area contributed by atoms with Gasteiger partial charge in [-0.15, -0.1) is 0 Å². The summed E-state index contributed by atoms with van der Waals surface area (Å²) in [7, 11) is 0. The molecule has 2 heterocycles. The lowest BCUT2D eigenvalue weighted by Gasteiger charge is -2.34. The molecule has 0 N–H and O–H groups in total. The quantitative estimate of drug-likeness (QED) is 0.158. The van der Waals surface area contributed by atoms with Crippen molar-refractivity contribution < 1.29 is 0 Å². The maximum atomic E-state index is 2.49. The minimum Gasteiger partial charge on any atom is -0.309 e. The van der Waals surface area contributed by atoms with Crippen molar-refractivity contribution in [3.05, 3.63) is 277 Å². The van der Waals surface area contributed by atoms with Crippen LogP contribution in [-0.2, 0) is 5.41 Å². The molecule has 0 bridgehead atoms. The number of rotatable bonds is 6. The fourth-order valence-corrected chi connectivity index (χ4v) is 11.7. The number of para-hydroxylation sites is 1. The van der Waals surface area contributed by atoms with Crippen molar-refractivity contribution in [1.29, 1.82) is 0 Å². The summed E-state index contributed by atoms with van der Waals surface area (Å²) >= 11 is 0. The summed E-state index contributed by atoms with van der Waals surface area (Å²) in [6.45, 7) is 0. The van der Waals surface area contributed by atoms with E-state index in [1.54, 1.807) is 0 Å². The van der Waals surface area contributed by atoms with Gasteiger partial charge in [0.05, 0.1) is 27.5 Å². The number of benzene rings is 11. The predicted octanol–water partition coefficient (Wildman–Crippen LogP) is 16.7. The highest BCUT2D eigenvalue weighted by atomic mass is 15.0. The summed E-state index contributed by atoms with van der Waals surface area (Å²) in [5.74, 6) is 0. The molecule has 67 heavy (non-hydrogen) atoms. The standard InChI is InChI=1S/C65H42N2/c1-4-16-43(17-5-1)45-28-33-51(34-29-45)66-61-38-32-48(47-31-37-60-56(41-47)54-25-13-15-27-59(54)67(60)52-35-30-44-18-10-11-19-46(44)40-52)42-57(61)63-62(66)39-36-55-53-24-12-14-26-58(53)65(64(55)63,49-20-6-2-7-21-49)50-22-8-3-9-23-50/h1-42H. The zero-order valence-electron chi connectivity index (χ0n) is 36.6. The second-order valence-electron chi connectivity index (χ2n) is 18.0. The topological polar surface area (TPSA) is 9.86 Å². The van der Waals surface area contributed by atoms with Gasteiger partial charge in [0.15, 0.2) is 0 Å². The van der Waals surface area contributed by atoms with E-state index in [9.17, 15) is 0 Å². The van der Waals surface area contributed by atoms with Gasteiger partial charge in [0, 0.05) is 32.9 Å². The Kier molecular flexibility index (Phi) is 8.23. The summed E-state index contributed by atoms with van der Waals surface area (Å²) in [5.41, 5.74) is 19.0. The molecule has 0 amide bonds. The summed E-state index contributed by atoms with van der Waals surface area (Å²) in [5, 5.41) is 7.48. The molecule has 0 atom stereocenters. The second-order valence-corrected chi connectivity index (χ2v) is 18.0. The molecule has 0 radical (unpaired) electrons. The van der Waals surface area contributed by atoms with E-state index in [0.29, 0.717) is 0 Å². The molecule has 0 unspecified atom stereocenters. The third kappa shape index (κ3) is 5.51. The first-order valence-corrected chi connectivity index (χ1v) is 23.3. The van der Waals surface area contributed by atoms with Crippen molar-refractivity contribution in [3.8, 4) is 44.8 Å². The maximum absolute atomic E-state index is 2.49. The van der Waals surface area contributed by atoms with Gasteiger partial charge in [-0.1, -0.05) is 194 Å². The fraction of sp³-hybridized carbons (Fsp3) is 0.0154. The first-order chi connectivity index (χ1) is 33.2. The highest BCUT2D eigenvalue weighted by Crippen LogP contribution is 2.59. The van der Waals surface area contributed by atoms with Crippen molar-refractivity contribution in [2.24, 2.45) is 0 Å². The average molecular weight is 851 g/mol. The lowest BCUT2D eigenvalue weighted by molar-refractivity contribution is 0.776. The molecule has 2 aromatic heterocycles. The SMILES string of the molecule is c1ccc(-c2ccc(-n3c4ccc(-c5ccc6c(c5)c5ccccc5n6-c5ccc6ccccc6c5)cc4c4c5c(ccc43)-c3ccccc3C5(c3ccccc3)c3ccccc3)cc2)cc1. The van der Waals surface area contributed by atoms with Gasteiger partial charge < -0.3 is 9.13 Å². The Morgan fingerprint density at radius 3 is 1.55 bits per heavy atom. The van der Waals surface area contributed by atoms with Crippen LogP contribution in [0, 0.1) is 0 Å². The average Bonchev–Trinajstić information content (AvgIpc) is 4.03. The summed E-state index contributed by atoms with van der Waals surface area (Å²) < 4.78 is 4.92. The van der Waals surface area contributed by atoms with Gasteiger partial charge in [-0.05, 0) is 127 Å². The van der Waals surface area contributed by atoms with E-state index in [4.69, 9.17) is 0 Å². The van der Waals surface area contributed by atoms with Crippen LogP contribution in [0.25, 0.3) is 99.1 Å². The first-order valence-electron chi connectivity index (χ1n) is 23.3. The molecule has 1 aliphatic rings. The molecular weight excluding hydrogens is 809 g/mol. The highest BCUT2D eigenvalue weighted by Gasteiger charge is 2.47. The van der Waals surface area contributed by atoms with Gasteiger partial charge in [0.1, 0.15) is 0 Å². The Morgan fingerprint density at radius 2 is 0.806 bits per heavy atom. The van der Waals surface area contributed by atoms with Crippen LogP contribution in [0.5, 0.6) is 0 Å². The van der Waals surface area contributed by atoms with Gasteiger partial charge in [-0.3, -0.25) is 0 Å². The largest absolute Gasteiger partial charge is 0.309 e. The van der Waals surface area contributed by atoms with Crippen LogP contribution >= 0.6 is 0 Å². The summed E-state index contributed by atoms with van der Waals surface area (Å²) in [4.78, 5) is 0. The fourth-order valence-electron chi connectivity index (χ4n) is 11.7. The molecule has 0 aliphatic heterocycles. The van der Waals surface area contributed by atoms with E-state index in [-0.39, 0.29) is 0 Å². The number of nitrogens with zero attached hydrogens (tertiary/aromatic N) is 2. The van der Waals surface area contributed by atoms with E-state index >= 15 is 0 Å². The lowest BCUT2D eigenvalue weighted by atomic mass is 9.67. The molecule has 1 aliphatic carbocycles. The van der Waals surface area contributed by atoms with Crippen molar-refractivity contribution in [2.75, 3.05) is 0 Å². The van der Waals surface area contributed by atoms with Crippen LogP contribution in [0.2, 0.25) is 0 Å². The van der Waals surface area contributed by atoms with Gasteiger partial charge in [0.2, 0.25) is 0 Å². The zero-order chi connectivity index (χ0) is 44.1. The smallest absolute Gasteiger partial charge is 0.0720 e. The van der Waals surface area contributed by atoms with Crippen molar-refractivity contribution in [2.45, 2.75) is 5.41 Å². The molecule has 13 aromatic rings. The van der Waals surface area contributed by atoms with Crippen LogP contribution in [0.15, 0.2) is 255 Å². The Hall–Kier alpha value is -8.72. The maximum Gasteiger partial charge on any atom is 0.0720 e. The molecule has 2 heteroatoms. The Balaban J connectivity index is 1.05. The molecule has 14 rings (SSSR count). The van der Waals surface area contributed by atoms with E-state index in [1.165, 1.54) is 116 Å². The number of fused-ring (bicyclic) bond motifs is 11. The van der Waals surface area contributed by atoms with Gasteiger partial charge >= 0.3 is 0 Å². The highest BCUT2D eigenvalue weighted by molar-refractivity contribution is 6.17. The molecule has 0 saturated carbocycles. The van der Waals surface area contributed by atoms with Gasteiger partial charge in [0.25, 0.3) is 0 Å². The second kappa shape index (κ2) is 14.7. The van der Waals surface area contributed by atoms with Crippen LogP contribution in [0.4, 0.5) is 0 Å². The molecule has 0 spiro atoms. The van der Waals surface area contributed by atoms with Crippen LogP contribution in [-0.4, -0.2) is 9.13 Å². The number of aromatic nitrogens is 2. The van der Waals surface area contributed by atoms with Gasteiger partial charge in [-0.25, -0.2) is 0 Å². The third-order valence-corrected chi connectivity index (χ3v) is 14.6. The minimum absolute atomic E-state index is 0.566. The number of hydrogen-bond acceptors (Lipinski definition) is 0. The minimum atomic E-state index is -0.566. The van der Waals surface area contributed by atoms with Crippen LogP contribution in [0.3, 0.4) is 0 Å². The Labute approximate surface area is 388 Å². The van der Waals surface area contributed by atoms with E-state index in [1.807, 2.05) is 0 Å². The van der Waals surface area contributed by atoms with Crippen LogP contribution in [0.1, 0.15) is 22.3 Å². The number of hydrogen-bond donors (Lipinski definition) is 0. The van der Waals surface area contributed by atoms with Crippen LogP contribution < -0.4 is 0 Å². The lowest BCUT2D eigenvalue weighted by Crippen LogP contribution is -2.28. The van der Waals surface area contributed by atoms with Crippen molar-refractivity contribution >= 4 is 54.4 Å². The van der Waals surface area contributed by atoms with Crippen molar-refractivity contribution in [3.63, 3.8) is 0 Å². The third-order valence-electron chi connectivity index (χ3n) is 14.6. The molecule has 312 valence electrons. The molecule has 2 nitrogen and oxygen atoms in total. The Bertz CT molecular complexity index is 4020.